The van der Waals surface area contributed by atoms with Crippen molar-refractivity contribution in [2.75, 3.05) is 25.0 Å². The maximum Gasteiger partial charge on any atom is 0.253 e. The van der Waals surface area contributed by atoms with Crippen LogP contribution in [-0.4, -0.2) is 64.3 Å². The number of rotatable bonds is 6. The van der Waals surface area contributed by atoms with Crippen molar-refractivity contribution in [3.8, 4) is 0 Å². The first-order valence-electron chi connectivity index (χ1n) is 12.0. The molecule has 1 unspecified atom stereocenters. The van der Waals surface area contributed by atoms with Gasteiger partial charge in [0, 0.05) is 49.5 Å². The molecule has 1 atom stereocenters. The summed E-state index contributed by atoms with van der Waals surface area (Å²) in [5.41, 5.74) is 4.06. The highest BCUT2D eigenvalue weighted by molar-refractivity contribution is 5.94. The minimum atomic E-state index is 0.0535. The van der Waals surface area contributed by atoms with E-state index in [4.69, 9.17) is 0 Å². The van der Waals surface area contributed by atoms with E-state index in [1.165, 1.54) is 5.56 Å². The first-order chi connectivity index (χ1) is 15.8. The highest BCUT2D eigenvalue weighted by Gasteiger charge is 2.31. The molecule has 2 heterocycles. The summed E-state index contributed by atoms with van der Waals surface area (Å²) in [6.07, 6.45) is 4.62. The van der Waals surface area contributed by atoms with Crippen LogP contribution in [0.1, 0.15) is 72.2 Å². The average Bonchev–Trinajstić information content (AvgIpc) is 3.21. The summed E-state index contributed by atoms with van der Waals surface area (Å²) in [6, 6.07) is 8.45. The van der Waals surface area contributed by atoms with Gasteiger partial charge in [0.05, 0.1) is 6.04 Å². The van der Waals surface area contributed by atoms with Gasteiger partial charge in [0.25, 0.3) is 5.91 Å². The van der Waals surface area contributed by atoms with E-state index in [9.17, 15) is 9.59 Å². The zero-order chi connectivity index (χ0) is 23.7. The van der Waals surface area contributed by atoms with Crippen molar-refractivity contribution in [2.45, 2.75) is 71.5 Å². The minimum absolute atomic E-state index is 0.0535. The van der Waals surface area contributed by atoms with Gasteiger partial charge in [-0.2, -0.15) is 0 Å². The molecule has 1 aliphatic carbocycles. The number of benzene rings is 1. The Balaban J connectivity index is 1.44. The zero-order valence-corrected chi connectivity index (χ0v) is 20.4. The van der Waals surface area contributed by atoms with E-state index >= 15 is 0 Å². The van der Waals surface area contributed by atoms with Crippen LogP contribution in [0.5, 0.6) is 0 Å². The van der Waals surface area contributed by atoms with E-state index in [0.717, 1.165) is 68.1 Å². The Morgan fingerprint density at radius 1 is 1.12 bits per heavy atom. The number of fused-ring (bicyclic) bond motifs is 1. The number of nitrogens with zero attached hydrogens (tertiary/aromatic N) is 5. The van der Waals surface area contributed by atoms with Crippen LogP contribution in [-0.2, 0) is 11.2 Å². The highest BCUT2D eigenvalue weighted by Crippen LogP contribution is 2.37. The second-order valence-corrected chi connectivity index (χ2v) is 9.66. The van der Waals surface area contributed by atoms with Gasteiger partial charge in [0.15, 0.2) is 0 Å². The summed E-state index contributed by atoms with van der Waals surface area (Å²) in [6.45, 7) is 9.72. The van der Waals surface area contributed by atoms with Crippen molar-refractivity contribution in [3.63, 3.8) is 0 Å². The third kappa shape index (κ3) is 4.72. The molecule has 1 saturated heterocycles. The number of carbonyl (C=O) groups is 2. The summed E-state index contributed by atoms with van der Waals surface area (Å²) in [4.78, 5) is 40.1. The molecule has 2 amide bonds. The number of aryl methyl sites for hydroxylation is 3. The van der Waals surface area contributed by atoms with Crippen molar-refractivity contribution in [1.82, 2.24) is 19.8 Å². The summed E-state index contributed by atoms with van der Waals surface area (Å²) >= 11 is 0. The third-order valence-electron chi connectivity index (χ3n) is 7.13. The SMILES string of the molecule is Cc1cc(N2CCC(N(C)C(=O)c3ccc4c(c3)C(N(C=O)C(C)C)CC4)CC2)nc(C)n1. The summed E-state index contributed by atoms with van der Waals surface area (Å²) in [5.74, 6) is 1.82. The second kappa shape index (κ2) is 9.49. The fraction of sp³-hybridized carbons (Fsp3) is 0.538. The molecule has 176 valence electrons. The molecule has 1 aliphatic heterocycles. The highest BCUT2D eigenvalue weighted by atomic mass is 16.2. The Morgan fingerprint density at radius 2 is 1.85 bits per heavy atom. The molecule has 0 spiro atoms. The Bertz CT molecular complexity index is 1010. The molecular formula is C26H35N5O2. The standard InChI is InChI=1S/C26H35N5O2/c1-17(2)31(16-32)24-9-8-20-6-7-21(15-23(20)24)26(33)29(5)22-10-12-30(13-11-22)25-14-18(3)27-19(4)28-25/h6-7,14-17,22,24H,8-13H2,1-5H3. The van der Waals surface area contributed by atoms with E-state index in [1.807, 2.05) is 62.7 Å². The third-order valence-corrected chi connectivity index (χ3v) is 7.13. The first-order valence-corrected chi connectivity index (χ1v) is 12.0. The monoisotopic (exact) mass is 449 g/mol. The molecular weight excluding hydrogens is 414 g/mol. The van der Waals surface area contributed by atoms with Crippen molar-refractivity contribution in [1.29, 1.82) is 0 Å². The molecule has 0 bridgehead atoms. The lowest BCUT2D eigenvalue weighted by Crippen LogP contribution is -2.46. The van der Waals surface area contributed by atoms with Crippen LogP contribution >= 0.6 is 0 Å². The molecule has 7 heteroatoms. The van der Waals surface area contributed by atoms with Crippen molar-refractivity contribution in [3.05, 3.63) is 52.5 Å². The van der Waals surface area contributed by atoms with Gasteiger partial charge in [-0.25, -0.2) is 9.97 Å². The van der Waals surface area contributed by atoms with Crippen LogP contribution < -0.4 is 4.90 Å². The maximum absolute atomic E-state index is 13.4. The van der Waals surface area contributed by atoms with Gasteiger partial charge in [-0.3, -0.25) is 9.59 Å². The van der Waals surface area contributed by atoms with Gasteiger partial charge >= 0.3 is 0 Å². The Morgan fingerprint density at radius 3 is 2.48 bits per heavy atom. The van der Waals surface area contributed by atoms with Gasteiger partial charge in [-0.1, -0.05) is 6.07 Å². The van der Waals surface area contributed by atoms with Crippen LogP contribution in [0.4, 0.5) is 5.82 Å². The molecule has 0 radical (unpaired) electrons. The topological polar surface area (TPSA) is 69.6 Å². The minimum Gasteiger partial charge on any atom is -0.356 e. The molecule has 4 rings (SSSR count). The van der Waals surface area contributed by atoms with Crippen LogP contribution in [0, 0.1) is 13.8 Å². The number of anilines is 1. The van der Waals surface area contributed by atoms with E-state index in [2.05, 4.69) is 20.9 Å². The molecule has 2 aromatic rings. The number of amides is 2. The molecule has 2 aliphatic rings. The van der Waals surface area contributed by atoms with E-state index in [-0.39, 0.29) is 24.0 Å². The predicted octanol–water partition coefficient (Wildman–Crippen LogP) is 3.69. The number of carbonyl (C=O) groups excluding carboxylic acids is 2. The maximum atomic E-state index is 13.4. The quantitative estimate of drug-likeness (QED) is 0.629. The van der Waals surface area contributed by atoms with Gasteiger partial charge in [-0.05, 0) is 76.6 Å². The lowest BCUT2D eigenvalue weighted by atomic mass is 10.00. The van der Waals surface area contributed by atoms with Gasteiger partial charge in [0.1, 0.15) is 11.6 Å². The molecule has 1 fully saturated rings. The summed E-state index contributed by atoms with van der Waals surface area (Å²) in [5, 5.41) is 0. The lowest BCUT2D eigenvalue weighted by molar-refractivity contribution is -0.122. The second-order valence-electron chi connectivity index (χ2n) is 9.66. The van der Waals surface area contributed by atoms with Crippen LogP contribution in [0.3, 0.4) is 0 Å². The van der Waals surface area contributed by atoms with Crippen molar-refractivity contribution >= 4 is 18.1 Å². The Labute approximate surface area is 196 Å². The van der Waals surface area contributed by atoms with Crippen molar-refractivity contribution < 1.29 is 9.59 Å². The Kier molecular flexibility index (Phi) is 6.68. The van der Waals surface area contributed by atoms with E-state index in [1.54, 1.807) is 0 Å². The largest absolute Gasteiger partial charge is 0.356 e. The fourth-order valence-electron chi connectivity index (χ4n) is 5.29. The summed E-state index contributed by atoms with van der Waals surface area (Å²) in [7, 11) is 1.91. The number of hydrogen-bond acceptors (Lipinski definition) is 5. The Hall–Kier alpha value is -2.96. The normalized spacial score (nSPS) is 18.4. The lowest BCUT2D eigenvalue weighted by Gasteiger charge is -2.37. The first kappa shape index (κ1) is 23.2. The number of hydrogen-bond donors (Lipinski definition) is 0. The van der Waals surface area contributed by atoms with Crippen LogP contribution in [0.2, 0.25) is 0 Å². The fourth-order valence-corrected chi connectivity index (χ4v) is 5.29. The van der Waals surface area contributed by atoms with Gasteiger partial charge < -0.3 is 14.7 Å². The molecule has 7 nitrogen and oxygen atoms in total. The average molecular weight is 450 g/mol. The van der Waals surface area contributed by atoms with E-state index in [0.29, 0.717) is 5.56 Å². The van der Waals surface area contributed by atoms with Gasteiger partial charge in [0.2, 0.25) is 6.41 Å². The predicted molar refractivity (Wildman–Crippen MR) is 129 cm³/mol. The number of aromatic nitrogens is 2. The number of piperidine rings is 1. The molecule has 33 heavy (non-hydrogen) atoms. The van der Waals surface area contributed by atoms with Crippen LogP contribution in [0.15, 0.2) is 24.3 Å². The molecule has 1 aromatic heterocycles. The smallest absolute Gasteiger partial charge is 0.253 e. The van der Waals surface area contributed by atoms with E-state index < -0.39 is 0 Å². The molecule has 1 aromatic carbocycles. The van der Waals surface area contributed by atoms with Gasteiger partial charge in [-0.15, -0.1) is 0 Å². The van der Waals surface area contributed by atoms with Crippen molar-refractivity contribution in [2.24, 2.45) is 0 Å². The molecule has 0 N–H and O–H groups in total. The summed E-state index contributed by atoms with van der Waals surface area (Å²) < 4.78 is 0. The zero-order valence-electron chi connectivity index (χ0n) is 20.4. The molecule has 0 saturated carbocycles. The van der Waals surface area contributed by atoms with Crippen LogP contribution in [0.25, 0.3) is 0 Å².